The summed E-state index contributed by atoms with van der Waals surface area (Å²) in [4.78, 5) is 21.0. The molecule has 100 valence electrons. The van der Waals surface area contributed by atoms with E-state index in [9.17, 15) is 9.00 Å². The van der Waals surface area contributed by atoms with Crippen LogP contribution in [0.15, 0.2) is 46.6 Å². The molecule has 0 saturated heterocycles. The molecule has 1 aliphatic heterocycles. The third-order valence-corrected chi connectivity index (χ3v) is 4.64. The third kappa shape index (κ3) is 1.50. The summed E-state index contributed by atoms with van der Waals surface area (Å²) in [6.45, 7) is 0.448. The highest BCUT2D eigenvalue weighted by Crippen LogP contribution is 2.17. The van der Waals surface area contributed by atoms with Crippen LogP contribution in [0.2, 0.25) is 0 Å². The maximum absolute atomic E-state index is 12.5. The van der Waals surface area contributed by atoms with Crippen LogP contribution < -0.4 is 5.56 Å². The number of nitrogens with zero attached hydrogens (tertiary/aromatic N) is 4. The monoisotopic (exact) mass is 286 g/mol. The Labute approximate surface area is 116 Å². The first-order valence-electron chi connectivity index (χ1n) is 6.17. The van der Waals surface area contributed by atoms with Crippen LogP contribution in [0.25, 0.3) is 16.9 Å². The normalized spacial score (nSPS) is 17.5. The molecule has 1 unspecified atom stereocenters. The smallest absolute Gasteiger partial charge is 0.280 e. The molecule has 0 N–H and O–H groups in total. The van der Waals surface area contributed by atoms with Gasteiger partial charge in [0.15, 0.2) is 11.2 Å². The Hall–Kier alpha value is -2.28. The van der Waals surface area contributed by atoms with E-state index in [1.807, 2.05) is 30.3 Å². The van der Waals surface area contributed by atoms with Gasteiger partial charge in [0, 0.05) is 18.0 Å². The van der Waals surface area contributed by atoms with E-state index >= 15 is 0 Å². The lowest BCUT2D eigenvalue weighted by Gasteiger charge is -2.05. The largest absolute Gasteiger partial charge is 0.293 e. The van der Waals surface area contributed by atoms with Gasteiger partial charge in [0.05, 0.1) is 10.8 Å². The summed E-state index contributed by atoms with van der Waals surface area (Å²) in [5.74, 6) is 0.445. The van der Waals surface area contributed by atoms with Gasteiger partial charge in [-0.05, 0) is 12.1 Å². The van der Waals surface area contributed by atoms with Crippen molar-refractivity contribution in [2.45, 2.75) is 11.7 Å². The molecule has 4 rings (SSSR count). The second-order valence-electron chi connectivity index (χ2n) is 4.52. The molecule has 0 saturated carbocycles. The summed E-state index contributed by atoms with van der Waals surface area (Å²) >= 11 is 0. The van der Waals surface area contributed by atoms with E-state index in [-0.39, 0.29) is 5.56 Å². The predicted molar refractivity (Wildman–Crippen MR) is 74.4 cm³/mol. The number of aromatic nitrogens is 4. The first kappa shape index (κ1) is 11.5. The molecule has 0 bridgehead atoms. The van der Waals surface area contributed by atoms with Gasteiger partial charge in [0.25, 0.3) is 5.56 Å². The predicted octanol–water partition coefficient (Wildman–Crippen LogP) is 0.703. The number of imidazole rings is 1. The van der Waals surface area contributed by atoms with Crippen molar-refractivity contribution >= 4 is 22.0 Å². The van der Waals surface area contributed by atoms with Gasteiger partial charge in [-0.1, -0.05) is 18.2 Å². The van der Waals surface area contributed by atoms with Gasteiger partial charge in [-0.15, -0.1) is 0 Å². The number of rotatable bonds is 1. The molecule has 1 aromatic carbocycles. The van der Waals surface area contributed by atoms with Crippen molar-refractivity contribution in [3.63, 3.8) is 0 Å². The van der Waals surface area contributed by atoms with Gasteiger partial charge in [0.1, 0.15) is 6.33 Å². The quantitative estimate of drug-likeness (QED) is 0.618. The van der Waals surface area contributed by atoms with Crippen LogP contribution in [-0.2, 0) is 17.3 Å². The fourth-order valence-electron chi connectivity index (χ4n) is 2.41. The fraction of sp³-hybridized carbons (Fsp3) is 0.154. The van der Waals surface area contributed by atoms with Crippen LogP contribution in [0.3, 0.4) is 0 Å². The molecule has 0 radical (unpaired) electrons. The molecule has 0 aliphatic carbocycles. The zero-order valence-electron chi connectivity index (χ0n) is 10.4. The Morgan fingerprint density at radius 3 is 2.80 bits per heavy atom. The highest BCUT2D eigenvalue weighted by atomic mass is 32.2. The van der Waals surface area contributed by atoms with Gasteiger partial charge in [-0.3, -0.25) is 18.1 Å². The summed E-state index contributed by atoms with van der Waals surface area (Å²) in [7, 11) is -1.20. The molecular formula is C13H10N4O2S. The van der Waals surface area contributed by atoms with Crippen molar-refractivity contribution in [1.29, 1.82) is 0 Å². The standard InChI is InChI=1S/C13H10N4O2S/c18-12-10-11(15-13-16(12)6-7-20(13)19)14-8-17(10)9-4-2-1-3-5-9/h1-5,8H,6-7H2. The van der Waals surface area contributed by atoms with Crippen LogP contribution in [-0.4, -0.2) is 29.1 Å². The van der Waals surface area contributed by atoms with E-state index < -0.39 is 10.8 Å². The maximum Gasteiger partial charge on any atom is 0.280 e. The molecule has 0 spiro atoms. The number of fused-ring (bicyclic) bond motifs is 2. The molecule has 20 heavy (non-hydrogen) atoms. The Bertz CT molecular complexity index is 898. The van der Waals surface area contributed by atoms with E-state index in [4.69, 9.17) is 0 Å². The summed E-state index contributed by atoms with van der Waals surface area (Å²) in [5, 5.41) is 0.334. The number of hydrogen-bond donors (Lipinski definition) is 0. The topological polar surface area (TPSA) is 69.8 Å². The second-order valence-corrected chi connectivity index (χ2v) is 5.99. The number of benzene rings is 1. The number of hydrogen-bond acceptors (Lipinski definition) is 4. The van der Waals surface area contributed by atoms with E-state index in [2.05, 4.69) is 9.97 Å². The lowest BCUT2D eigenvalue weighted by molar-refractivity contribution is 0.656. The zero-order chi connectivity index (χ0) is 13.7. The Morgan fingerprint density at radius 1 is 1.20 bits per heavy atom. The first-order valence-corrected chi connectivity index (χ1v) is 7.49. The SMILES string of the molecule is O=c1c2c(ncn2-c2ccccc2)nc2n1CCS2=O. The van der Waals surface area contributed by atoms with Crippen LogP contribution >= 0.6 is 0 Å². The van der Waals surface area contributed by atoms with Crippen LogP contribution in [0.1, 0.15) is 0 Å². The van der Waals surface area contributed by atoms with Crippen molar-refractivity contribution < 1.29 is 4.21 Å². The zero-order valence-corrected chi connectivity index (χ0v) is 11.2. The van der Waals surface area contributed by atoms with Gasteiger partial charge in [0.2, 0.25) is 5.16 Å². The Balaban J connectivity index is 2.08. The molecule has 3 heterocycles. The number of para-hydroxylation sites is 1. The van der Waals surface area contributed by atoms with E-state index in [0.717, 1.165) is 5.69 Å². The van der Waals surface area contributed by atoms with E-state index in [0.29, 0.717) is 28.6 Å². The minimum atomic E-state index is -1.20. The average molecular weight is 286 g/mol. The summed E-state index contributed by atoms with van der Waals surface area (Å²) < 4.78 is 15.0. The van der Waals surface area contributed by atoms with Gasteiger partial charge in [-0.2, -0.15) is 4.98 Å². The van der Waals surface area contributed by atoms with Crippen molar-refractivity contribution in [2.24, 2.45) is 0 Å². The molecule has 7 heteroatoms. The second kappa shape index (κ2) is 4.11. The lowest BCUT2D eigenvalue weighted by Crippen LogP contribution is -2.22. The Morgan fingerprint density at radius 2 is 2.00 bits per heavy atom. The molecule has 6 nitrogen and oxygen atoms in total. The minimum Gasteiger partial charge on any atom is -0.293 e. The molecule has 3 aromatic rings. The first-order chi connectivity index (χ1) is 9.75. The molecule has 1 aliphatic rings. The molecule has 2 aromatic heterocycles. The van der Waals surface area contributed by atoms with Crippen molar-refractivity contribution in [3.8, 4) is 5.69 Å². The highest BCUT2D eigenvalue weighted by Gasteiger charge is 2.24. The van der Waals surface area contributed by atoms with Gasteiger partial charge in [-0.25, -0.2) is 4.98 Å². The maximum atomic E-state index is 12.5. The molecular weight excluding hydrogens is 276 g/mol. The van der Waals surface area contributed by atoms with Crippen molar-refractivity contribution in [1.82, 2.24) is 19.1 Å². The van der Waals surface area contributed by atoms with Crippen molar-refractivity contribution in [2.75, 3.05) is 5.75 Å². The summed E-state index contributed by atoms with van der Waals surface area (Å²) in [6, 6.07) is 9.51. The molecule has 0 fully saturated rings. The van der Waals surface area contributed by atoms with Crippen LogP contribution in [0.4, 0.5) is 0 Å². The fourth-order valence-corrected chi connectivity index (χ4v) is 3.55. The highest BCUT2D eigenvalue weighted by molar-refractivity contribution is 7.85. The Kier molecular flexibility index (Phi) is 2.37. The third-order valence-electron chi connectivity index (χ3n) is 3.37. The van der Waals surface area contributed by atoms with Gasteiger partial charge < -0.3 is 0 Å². The lowest BCUT2D eigenvalue weighted by atomic mass is 10.3. The molecule has 1 atom stereocenters. The van der Waals surface area contributed by atoms with Crippen LogP contribution in [0.5, 0.6) is 0 Å². The summed E-state index contributed by atoms with van der Waals surface area (Å²) in [6.07, 6.45) is 1.58. The van der Waals surface area contributed by atoms with Gasteiger partial charge >= 0.3 is 0 Å². The minimum absolute atomic E-state index is 0.183. The molecule has 0 amide bonds. The van der Waals surface area contributed by atoms with Crippen molar-refractivity contribution in [3.05, 3.63) is 47.0 Å². The average Bonchev–Trinajstić information content (AvgIpc) is 3.06. The van der Waals surface area contributed by atoms with E-state index in [1.165, 1.54) is 4.57 Å². The summed E-state index contributed by atoms with van der Waals surface area (Å²) in [5.41, 5.74) is 1.45. The van der Waals surface area contributed by atoms with Crippen LogP contribution in [0, 0.1) is 0 Å². The van der Waals surface area contributed by atoms with E-state index in [1.54, 1.807) is 10.9 Å².